The molecule has 4 atom stereocenters. The third-order valence-corrected chi connectivity index (χ3v) is 6.60. The van der Waals surface area contributed by atoms with Crippen molar-refractivity contribution >= 4 is 17.2 Å². The first kappa shape index (κ1) is 22.4. The van der Waals surface area contributed by atoms with Crippen LogP contribution >= 0.6 is 0 Å². The number of rotatable bonds is 4. The Balaban J connectivity index is 1.51. The van der Waals surface area contributed by atoms with Crippen molar-refractivity contribution in [1.82, 2.24) is 19.6 Å². The van der Waals surface area contributed by atoms with Crippen LogP contribution in [0.15, 0.2) is 48.9 Å². The van der Waals surface area contributed by atoms with Crippen molar-refractivity contribution in [2.45, 2.75) is 44.8 Å². The maximum Gasteiger partial charge on any atom is 0.229 e. The molecule has 7 nitrogen and oxygen atoms in total. The Kier molecular flexibility index (Phi) is 5.75. The molecule has 0 saturated heterocycles. The number of nitrogens with two attached hydrogens (primary N) is 1. The molecule has 4 aromatic rings. The van der Waals surface area contributed by atoms with E-state index in [1.165, 1.54) is 16.6 Å². The summed E-state index contributed by atoms with van der Waals surface area (Å²) >= 11 is 0. The molecule has 4 unspecified atom stereocenters. The molecule has 9 heteroatoms. The van der Waals surface area contributed by atoms with Gasteiger partial charge in [0.1, 0.15) is 11.6 Å². The van der Waals surface area contributed by atoms with Gasteiger partial charge in [0, 0.05) is 12.2 Å². The van der Waals surface area contributed by atoms with E-state index in [2.05, 4.69) is 20.4 Å². The molecule has 3 heterocycles. The van der Waals surface area contributed by atoms with E-state index in [1.54, 1.807) is 37.6 Å². The van der Waals surface area contributed by atoms with Crippen molar-refractivity contribution in [3.63, 3.8) is 0 Å². The van der Waals surface area contributed by atoms with Crippen molar-refractivity contribution in [3.05, 3.63) is 71.7 Å². The number of fused-ring (bicyclic) bond motifs is 1. The second-order valence-corrected chi connectivity index (χ2v) is 9.13. The van der Waals surface area contributed by atoms with Crippen LogP contribution in [0.3, 0.4) is 0 Å². The number of anilines is 2. The average Bonchev–Trinajstić information content (AvgIpc) is 3.19. The molecule has 5 rings (SSSR count). The Bertz CT molecular complexity index is 1320. The van der Waals surface area contributed by atoms with E-state index in [0.29, 0.717) is 23.4 Å². The lowest BCUT2D eigenvalue weighted by molar-refractivity contribution is 0.0521. The van der Waals surface area contributed by atoms with Crippen LogP contribution in [0.5, 0.6) is 0 Å². The molecule has 0 aliphatic heterocycles. The third-order valence-electron chi connectivity index (χ3n) is 6.60. The van der Waals surface area contributed by atoms with Crippen LogP contribution in [0.25, 0.3) is 16.8 Å². The summed E-state index contributed by atoms with van der Waals surface area (Å²) in [5, 5.41) is 18.0. The van der Waals surface area contributed by atoms with Crippen LogP contribution in [-0.4, -0.2) is 36.8 Å². The number of hydrogen-bond donors (Lipinski definition) is 3. The van der Waals surface area contributed by atoms with Gasteiger partial charge in [-0.15, -0.1) is 0 Å². The van der Waals surface area contributed by atoms with Crippen LogP contribution in [0.2, 0.25) is 0 Å². The molecule has 1 fully saturated rings. The first-order valence-electron chi connectivity index (χ1n) is 11.3. The minimum absolute atomic E-state index is 0.0746. The van der Waals surface area contributed by atoms with Gasteiger partial charge in [0.05, 0.1) is 41.0 Å². The van der Waals surface area contributed by atoms with Gasteiger partial charge in [-0.3, -0.25) is 4.98 Å². The van der Waals surface area contributed by atoms with E-state index < -0.39 is 17.7 Å². The number of aliphatic hydroxyl groups excluding tert-OH is 1. The maximum atomic E-state index is 14.6. The van der Waals surface area contributed by atoms with E-state index in [4.69, 9.17) is 5.73 Å². The summed E-state index contributed by atoms with van der Waals surface area (Å²) in [5.41, 5.74) is 9.10. The fraction of sp³-hybridized carbons (Fsp3) is 0.320. The zero-order valence-corrected chi connectivity index (χ0v) is 18.9. The molecule has 1 saturated carbocycles. The molecule has 34 heavy (non-hydrogen) atoms. The SMILES string of the molecule is Cc1cc(F)c(-c2ccc3cnc(Nc4cnccc4C4CC(C)C(O)C(N)C4)n3n2)c(F)c1. The molecule has 1 aliphatic rings. The summed E-state index contributed by atoms with van der Waals surface area (Å²) in [5.74, 6) is -0.723. The van der Waals surface area contributed by atoms with Crippen molar-refractivity contribution < 1.29 is 13.9 Å². The highest BCUT2D eigenvalue weighted by molar-refractivity contribution is 5.66. The van der Waals surface area contributed by atoms with Crippen LogP contribution in [0.4, 0.5) is 20.4 Å². The lowest BCUT2D eigenvalue weighted by Gasteiger charge is -2.36. The van der Waals surface area contributed by atoms with Gasteiger partial charge in [-0.05, 0) is 73.1 Å². The number of benzene rings is 1. The standard InChI is InChI=1S/C25H26F2N6O/c1-13-7-18(26)23(19(27)8-13)21-4-3-16-11-30-25(33(16)32-21)31-22-12-29-6-5-17(22)15-9-14(2)24(34)20(28)10-15/h3-8,11-12,14-15,20,24,34H,9-10,28H2,1-2H3,(H,30,31). The first-order valence-corrected chi connectivity index (χ1v) is 11.3. The number of nitrogens with one attached hydrogen (secondary N) is 1. The largest absolute Gasteiger partial charge is 0.391 e. The second kappa shape index (κ2) is 8.73. The molecule has 176 valence electrons. The number of aryl methyl sites for hydroxylation is 1. The van der Waals surface area contributed by atoms with Gasteiger partial charge in [-0.2, -0.15) is 9.61 Å². The molecule has 0 amide bonds. The van der Waals surface area contributed by atoms with Gasteiger partial charge >= 0.3 is 0 Å². The first-order chi connectivity index (χ1) is 16.3. The van der Waals surface area contributed by atoms with Crippen LogP contribution in [-0.2, 0) is 0 Å². The highest BCUT2D eigenvalue weighted by Crippen LogP contribution is 2.39. The van der Waals surface area contributed by atoms with Crippen molar-refractivity contribution in [1.29, 1.82) is 0 Å². The predicted molar refractivity (Wildman–Crippen MR) is 126 cm³/mol. The molecule has 0 radical (unpaired) electrons. The van der Waals surface area contributed by atoms with Crippen molar-refractivity contribution in [3.8, 4) is 11.3 Å². The van der Waals surface area contributed by atoms with Gasteiger partial charge in [0.25, 0.3) is 0 Å². The van der Waals surface area contributed by atoms with E-state index >= 15 is 0 Å². The predicted octanol–water partition coefficient (Wildman–Crippen LogP) is 4.32. The number of aromatic nitrogens is 4. The summed E-state index contributed by atoms with van der Waals surface area (Å²) < 4.78 is 30.6. The maximum absolute atomic E-state index is 14.6. The van der Waals surface area contributed by atoms with Gasteiger partial charge < -0.3 is 16.2 Å². The van der Waals surface area contributed by atoms with Crippen LogP contribution in [0.1, 0.15) is 36.8 Å². The minimum Gasteiger partial charge on any atom is -0.391 e. The number of pyridine rings is 1. The second-order valence-electron chi connectivity index (χ2n) is 9.13. The summed E-state index contributed by atoms with van der Waals surface area (Å²) in [4.78, 5) is 8.67. The molecular formula is C25H26F2N6O. The smallest absolute Gasteiger partial charge is 0.229 e. The Morgan fingerprint density at radius 1 is 1.12 bits per heavy atom. The Morgan fingerprint density at radius 2 is 1.88 bits per heavy atom. The van der Waals surface area contributed by atoms with Crippen LogP contribution in [0, 0.1) is 24.5 Å². The molecule has 4 N–H and O–H groups in total. The minimum atomic E-state index is -0.668. The highest BCUT2D eigenvalue weighted by Gasteiger charge is 2.34. The monoisotopic (exact) mass is 464 g/mol. The van der Waals surface area contributed by atoms with E-state index in [0.717, 1.165) is 17.7 Å². The lowest BCUT2D eigenvalue weighted by Crippen LogP contribution is -2.44. The fourth-order valence-corrected chi connectivity index (χ4v) is 4.86. The molecule has 3 aromatic heterocycles. The molecule has 0 spiro atoms. The number of halogens is 2. The van der Waals surface area contributed by atoms with Gasteiger partial charge in [-0.25, -0.2) is 13.8 Å². The molecule has 1 aromatic carbocycles. The molecule has 0 bridgehead atoms. The summed E-state index contributed by atoms with van der Waals surface area (Å²) in [6.45, 7) is 3.64. The summed E-state index contributed by atoms with van der Waals surface area (Å²) in [6.07, 6.45) is 6.00. The van der Waals surface area contributed by atoms with E-state index in [-0.39, 0.29) is 29.1 Å². The van der Waals surface area contributed by atoms with Gasteiger partial charge in [0.15, 0.2) is 0 Å². The third kappa shape index (κ3) is 4.01. The molecular weight excluding hydrogens is 438 g/mol. The summed E-state index contributed by atoms with van der Waals surface area (Å²) in [7, 11) is 0. The van der Waals surface area contributed by atoms with Crippen LogP contribution < -0.4 is 11.1 Å². The lowest BCUT2D eigenvalue weighted by atomic mass is 9.74. The number of hydrogen-bond acceptors (Lipinski definition) is 6. The number of nitrogens with zero attached hydrogens (tertiary/aromatic N) is 4. The quantitative estimate of drug-likeness (QED) is 0.416. The van der Waals surface area contributed by atoms with Gasteiger partial charge in [0.2, 0.25) is 5.95 Å². The van der Waals surface area contributed by atoms with E-state index in [9.17, 15) is 13.9 Å². The molecule has 1 aliphatic carbocycles. The fourth-order valence-electron chi connectivity index (χ4n) is 4.86. The Morgan fingerprint density at radius 3 is 2.62 bits per heavy atom. The topological polar surface area (TPSA) is 101 Å². The van der Waals surface area contributed by atoms with Crippen molar-refractivity contribution in [2.75, 3.05) is 5.32 Å². The number of imidazole rings is 1. The Labute approximate surface area is 195 Å². The zero-order valence-electron chi connectivity index (χ0n) is 18.9. The average molecular weight is 465 g/mol. The van der Waals surface area contributed by atoms with E-state index in [1.807, 2.05) is 13.0 Å². The highest BCUT2D eigenvalue weighted by atomic mass is 19.1. The zero-order chi connectivity index (χ0) is 24.0. The summed E-state index contributed by atoms with van der Waals surface area (Å²) in [6, 6.07) is 7.50. The number of aliphatic hydroxyl groups is 1. The Hall–Kier alpha value is -3.43. The van der Waals surface area contributed by atoms with Crippen molar-refractivity contribution in [2.24, 2.45) is 11.7 Å². The normalized spacial score (nSPS) is 22.8. The van der Waals surface area contributed by atoms with Gasteiger partial charge in [-0.1, -0.05) is 6.92 Å².